The Labute approximate surface area is 100 Å². The van der Waals surface area contributed by atoms with Gasteiger partial charge in [-0.2, -0.15) is 0 Å². The average molecular weight is 228 g/mol. The quantitative estimate of drug-likeness (QED) is 0.702. The lowest BCUT2D eigenvalue weighted by Crippen LogP contribution is -2.53. The van der Waals surface area contributed by atoms with E-state index in [4.69, 9.17) is 0 Å². The number of carbonyl (C=O) groups excluding carboxylic acids is 1. The van der Waals surface area contributed by atoms with E-state index < -0.39 is 0 Å². The number of likely N-dealkylation sites (N-methyl/N-ethyl adjacent to an activating group) is 1. The molecular formula is C13H28N2O. The molecule has 0 aromatic carbocycles. The first-order chi connectivity index (χ1) is 7.37. The third-order valence-electron chi connectivity index (χ3n) is 3.25. The second kappa shape index (κ2) is 6.89. The van der Waals surface area contributed by atoms with Crippen LogP contribution in [0.4, 0.5) is 0 Å². The molecule has 16 heavy (non-hydrogen) atoms. The van der Waals surface area contributed by atoms with Gasteiger partial charge in [-0.25, -0.2) is 0 Å². The van der Waals surface area contributed by atoms with E-state index in [1.807, 2.05) is 7.05 Å². The highest BCUT2D eigenvalue weighted by atomic mass is 16.2. The van der Waals surface area contributed by atoms with Gasteiger partial charge in [0, 0.05) is 5.54 Å². The van der Waals surface area contributed by atoms with E-state index in [2.05, 4.69) is 45.3 Å². The van der Waals surface area contributed by atoms with Crippen LogP contribution >= 0.6 is 0 Å². The van der Waals surface area contributed by atoms with Crippen LogP contribution in [0.1, 0.15) is 53.9 Å². The molecule has 0 spiro atoms. The van der Waals surface area contributed by atoms with Crippen LogP contribution in [0.15, 0.2) is 0 Å². The number of rotatable bonds is 7. The molecule has 0 aromatic heterocycles. The Balaban J connectivity index is 4.42. The van der Waals surface area contributed by atoms with Crippen LogP contribution in [0, 0.1) is 5.92 Å². The van der Waals surface area contributed by atoms with Crippen LogP contribution in [-0.4, -0.2) is 24.5 Å². The zero-order valence-corrected chi connectivity index (χ0v) is 11.7. The van der Waals surface area contributed by atoms with Gasteiger partial charge in [-0.1, -0.05) is 27.2 Å². The SMILES string of the molecule is CCCC(C)C(NC)C(=O)NC(C)(C)CC. The van der Waals surface area contributed by atoms with Crippen molar-refractivity contribution in [1.29, 1.82) is 0 Å². The molecule has 0 saturated heterocycles. The molecule has 0 heterocycles. The van der Waals surface area contributed by atoms with Crippen LogP contribution in [0.5, 0.6) is 0 Å². The minimum atomic E-state index is -0.113. The van der Waals surface area contributed by atoms with E-state index in [1.165, 1.54) is 0 Å². The Morgan fingerprint density at radius 2 is 1.88 bits per heavy atom. The number of amides is 1. The van der Waals surface area contributed by atoms with Crippen LogP contribution in [0.25, 0.3) is 0 Å². The van der Waals surface area contributed by atoms with E-state index in [-0.39, 0.29) is 17.5 Å². The van der Waals surface area contributed by atoms with Crippen molar-refractivity contribution in [1.82, 2.24) is 10.6 Å². The van der Waals surface area contributed by atoms with Crippen molar-refractivity contribution < 1.29 is 4.79 Å². The standard InChI is InChI=1S/C13H28N2O/c1-7-9-10(3)11(14-6)12(16)15-13(4,5)8-2/h10-11,14H,7-9H2,1-6H3,(H,15,16). The minimum absolute atomic E-state index is 0.0780. The second-order valence-corrected chi connectivity index (χ2v) is 5.26. The Bertz CT molecular complexity index is 214. The van der Waals surface area contributed by atoms with Gasteiger partial charge in [0.05, 0.1) is 6.04 Å². The summed E-state index contributed by atoms with van der Waals surface area (Å²) in [5.41, 5.74) is -0.113. The summed E-state index contributed by atoms with van der Waals surface area (Å²) >= 11 is 0. The summed E-state index contributed by atoms with van der Waals surface area (Å²) in [6, 6.07) is -0.0780. The highest BCUT2D eigenvalue weighted by Gasteiger charge is 2.26. The molecule has 3 heteroatoms. The largest absolute Gasteiger partial charge is 0.350 e. The first-order valence-corrected chi connectivity index (χ1v) is 6.37. The molecule has 2 unspecified atom stereocenters. The van der Waals surface area contributed by atoms with Gasteiger partial charge in [-0.3, -0.25) is 4.79 Å². The van der Waals surface area contributed by atoms with Crippen molar-refractivity contribution in [3.05, 3.63) is 0 Å². The van der Waals surface area contributed by atoms with Gasteiger partial charge in [-0.15, -0.1) is 0 Å². The summed E-state index contributed by atoms with van der Waals surface area (Å²) in [4.78, 5) is 12.1. The maximum atomic E-state index is 12.1. The fourth-order valence-corrected chi connectivity index (χ4v) is 1.80. The van der Waals surface area contributed by atoms with E-state index >= 15 is 0 Å². The fourth-order valence-electron chi connectivity index (χ4n) is 1.80. The van der Waals surface area contributed by atoms with Gasteiger partial charge in [-0.05, 0) is 39.7 Å². The van der Waals surface area contributed by atoms with Crippen LogP contribution < -0.4 is 10.6 Å². The summed E-state index contributed by atoms with van der Waals surface area (Å²) in [6.45, 7) is 10.5. The lowest BCUT2D eigenvalue weighted by atomic mass is 9.94. The molecule has 2 atom stereocenters. The van der Waals surface area contributed by atoms with Gasteiger partial charge in [0.25, 0.3) is 0 Å². The van der Waals surface area contributed by atoms with Gasteiger partial charge < -0.3 is 10.6 Å². The molecule has 96 valence electrons. The Morgan fingerprint density at radius 3 is 2.25 bits per heavy atom. The van der Waals surface area contributed by atoms with E-state index in [0.29, 0.717) is 5.92 Å². The molecule has 0 bridgehead atoms. The molecule has 2 N–H and O–H groups in total. The third-order valence-corrected chi connectivity index (χ3v) is 3.25. The van der Waals surface area contributed by atoms with E-state index in [0.717, 1.165) is 19.3 Å². The number of hydrogen-bond acceptors (Lipinski definition) is 2. The van der Waals surface area contributed by atoms with E-state index in [1.54, 1.807) is 0 Å². The number of nitrogens with one attached hydrogen (secondary N) is 2. The summed E-state index contributed by atoms with van der Waals surface area (Å²) in [5.74, 6) is 0.498. The van der Waals surface area contributed by atoms with Crippen molar-refractivity contribution in [3.63, 3.8) is 0 Å². The minimum Gasteiger partial charge on any atom is -0.350 e. The lowest BCUT2D eigenvalue weighted by Gasteiger charge is -2.29. The Hall–Kier alpha value is -0.570. The van der Waals surface area contributed by atoms with E-state index in [9.17, 15) is 4.79 Å². The molecule has 0 aromatic rings. The second-order valence-electron chi connectivity index (χ2n) is 5.26. The summed E-state index contributed by atoms with van der Waals surface area (Å²) < 4.78 is 0. The van der Waals surface area contributed by atoms with Crippen LogP contribution in [0.2, 0.25) is 0 Å². The van der Waals surface area contributed by atoms with Crippen molar-refractivity contribution in [2.75, 3.05) is 7.05 Å². The predicted molar refractivity (Wildman–Crippen MR) is 69.4 cm³/mol. The molecule has 3 nitrogen and oxygen atoms in total. The highest BCUT2D eigenvalue weighted by molar-refractivity contribution is 5.82. The molecule has 0 saturated carbocycles. The normalized spacial score (nSPS) is 15.6. The summed E-state index contributed by atoms with van der Waals surface area (Å²) in [5, 5.41) is 6.22. The van der Waals surface area contributed by atoms with Crippen molar-refractivity contribution in [3.8, 4) is 0 Å². The molecule has 0 fully saturated rings. The van der Waals surface area contributed by atoms with Crippen LogP contribution in [-0.2, 0) is 4.79 Å². The summed E-state index contributed by atoms with van der Waals surface area (Å²) in [6.07, 6.45) is 3.13. The maximum Gasteiger partial charge on any atom is 0.237 e. The molecule has 0 aliphatic carbocycles. The smallest absolute Gasteiger partial charge is 0.237 e. The van der Waals surface area contributed by atoms with Gasteiger partial charge >= 0.3 is 0 Å². The van der Waals surface area contributed by atoms with Crippen LogP contribution in [0.3, 0.4) is 0 Å². The molecule has 0 aliphatic heterocycles. The first kappa shape index (κ1) is 15.4. The Kier molecular flexibility index (Phi) is 6.65. The first-order valence-electron chi connectivity index (χ1n) is 6.37. The Morgan fingerprint density at radius 1 is 1.31 bits per heavy atom. The van der Waals surface area contributed by atoms with Crippen molar-refractivity contribution in [2.24, 2.45) is 5.92 Å². The van der Waals surface area contributed by atoms with Gasteiger partial charge in [0.15, 0.2) is 0 Å². The van der Waals surface area contributed by atoms with Crippen molar-refractivity contribution >= 4 is 5.91 Å². The fraction of sp³-hybridized carbons (Fsp3) is 0.923. The lowest BCUT2D eigenvalue weighted by molar-refractivity contribution is -0.125. The zero-order chi connectivity index (χ0) is 12.8. The molecule has 0 radical (unpaired) electrons. The van der Waals surface area contributed by atoms with Crippen molar-refractivity contribution in [2.45, 2.75) is 65.5 Å². The maximum absolute atomic E-state index is 12.1. The topological polar surface area (TPSA) is 41.1 Å². The number of hydrogen-bond donors (Lipinski definition) is 2. The monoisotopic (exact) mass is 228 g/mol. The average Bonchev–Trinajstić information content (AvgIpc) is 2.18. The highest BCUT2D eigenvalue weighted by Crippen LogP contribution is 2.13. The molecule has 0 rings (SSSR count). The molecule has 1 amide bonds. The summed E-state index contributed by atoms with van der Waals surface area (Å²) in [7, 11) is 1.86. The van der Waals surface area contributed by atoms with Gasteiger partial charge in [0.2, 0.25) is 5.91 Å². The predicted octanol–water partition coefficient (Wildman–Crippen LogP) is 2.32. The third kappa shape index (κ3) is 4.97. The van der Waals surface area contributed by atoms with Gasteiger partial charge in [0.1, 0.15) is 0 Å². The number of carbonyl (C=O) groups is 1. The molecular weight excluding hydrogens is 200 g/mol. The zero-order valence-electron chi connectivity index (χ0n) is 11.7. The molecule has 0 aliphatic rings.